The first-order chi connectivity index (χ1) is 8.98. The van der Waals surface area contributed by atoms with Crippen LogP contribution in [0.2, 0.25) is 5.02 Å². The highest BCUT2D eigenvalue weighted by molar-refractivity contribution is 9.09. The highest BCUT2D eigenvalue weighted by atomic mass is 79.9. The normalized spacial score (nSPS) is 11.8. The first kappa shape index (κ1) is 16.5. The Morgan fingerprint density at radius 3 is 2.37 bits per heavy atom. The van der Waals surface area contributed by atoms with Crippen molar-refractivity contribution < 1.29 is 0 Å². The van der Waals surface area contributed by atoms with Crippen LogP contribution in [0.4, 0.5) is 0 Å². The van der Waals surface area contributed by atoms with E-state index in [-0.39, 0.29) is 10.4 Å². The molecule has 0 aliphatic carbocycles. The molecule has 0 saturated heterocycles. The Bertz CT molecular complexity index is 518. The molecule has 0 saturated carbocycles. The van der Waals surface area contributed by atoms with Gasteiger partial charge in [-0.2, -0.15) is 0 Å². The molecule has 0 aromatic carbocycles. The Labute approximate surface area is 126 Å². The molecular formula is C13H20BrClN2O2. The van der Waals surface area contributed by atoms with Gasteiger partial charge in [-0.05, 0) is 18.3 Å². The summed E-state index contributed by atoms with van der Waals surface area (Å²) in [7, 11) is 0. The van der Waals surface area contributed by atoms with Crippen molar-refractivity contribution in [3.05, 3.63) is 32.1 Å². The summed E-state index contributed by atoms with van der Waals surface area (Å²) in [4.78, 5) is 25.3. The van der Waals surface area contributed by atoms with Crippen molar-refractivity contribution in [1.29, 1.82) is 0 Å². The standard InChI is InChI=1S/C13H20BrClN2O2/c1-3-5-13(8-14,6-4-2)9-17-7-10(15)11(18)16-12(17)19/h7H,3-6,8-9H2,1-2H3,(H,16,18,19). The number of alkyl halides is 1. The maximum atomic E-state index is 11.8. The third-order valence-electron chi connectivity index (χ3n) is 3.32. The Balaban J connectivity index is 3.12. The van der Waals surface area contributed by atoms with Gasteiger partial charge in [0.15, 0.2) is 0 Å². The molecule has 19 heavy (non-hydrogen) atoms. The van der Waals surface area contributed by atoms with E-state index in [1.54, 1.807) is 0 Å². The molecule has 6 heteroatoms. The van der Waals surface area contributed by atoms with Gasteiger partial charge in [0.1, 0.15) is 5.02 Å². The number of aromatic amines is 1. The number of H-pyrrole nitrogens is 1. The summed E-state index contributed by atoms with van der Waals surface area (Å²) < 4.78 is 1.51. The van der Waals surface area contributed by atoms with Gasteiger partial charge < -0.3 is 0 Å². The molecule has 4 nitrogen and oxygen atoms in total. The molecule has 0 atom stereocenters. The number of hydrogen-bond donors (Lipinski definition) is 1. The van der Waals surface area contributed by atoms with Gasteiger partial charge in [-0.3, -0.25) is 14.3 Å². The second-order valence-electron chi connectivity index (χ2n) is 5.00. The molecule has 1 rings (SSSR count). The van der Waals surface area contributed by atoms with Crippen LogP contribution in [-0.2, 0) is 6.54 Å². The minimum atomic E-state index is -0.529. The van der Waals surface area contributed by atoms with E-state index < -0.39 is 11.2 Å². The first-order valence-electron chi connectivity index (χ1n) is 6.53. The monoisotopic (exact) mass is 350 g/mol. The van der Waals surface area contributed by atoms with Crippen LogP contribution in [0.15, 0.2) is 15.8 Å². The lowest BCUT2D eigenvalue weighted by Gasteiger charge is -2.32. The third kappa shape index (κ3) is 4.21. The molecule has 1 aromatic heterocycles. The fourth-order valence-corrected chi connectivity index (χ4v) is 3.38. The van der Waals surface area contributed by atoms with Crippen LogP contribution in [0, 0.1) is 5.41 Å². The second-order valence-corrected chi connectivity index (χ2v) is 5.97. The Morgan fingerprint density at radius 1 is 1.32 bits per heavy atom. The van der Waals surface area contributed by atoms with E-state index in [0.29, 0.717) is 6.54 Å². The van der Waals surface area contributed by atoms with E-state index in [0.717, 1.165) is 31.0 Å². The maximum Gasteiger partial charge on any atom is 0.328 e. The summed E-state index contributed by atoms with van der Waals surface area (Å²) in [6.07, 6.45) is 5.59. The van der Waals surface area contributed by atoms with E-state index in [9.17, 15) is 9.59 Å². The van der Waals surface area contributed by atoms with E-state index in [1.165, 1.54) is 10.8 Å². The van der Waals surface area contributed by atoms with Crippen molar-refractivity contribution in [2.24, 2.45) is 5.41 Å². The van der Waals surface area contributed by atoms with Crippen molar-refractivity contribution in [3.63, 3.8) is 0 Å². The number of nitrogens with zero attached hydrogens (tertiary/aromatic N) is 1. The van der Waals surface area contributed by atoms with Crippen LogP contribution in [0.5, 0.6) is 0 Å². The fraction of sp³-hybridized carbons (Fsp3) is 0.692. The van der Waals surface area contributed by atoms with Crippen LogP contribution in [0.25, 0.3) is 0 Å². The molecule has 0 fully saturated rings. The number of nitrogens with one attached hydrogen (secondary N) is 1. The second kappa shape index (κ2) is 7.29. The quantitative estimate of drug-likeness (QED) is 0.767. The van der Waals surface area contributed by atoms with Crippen molar-refractivity contribution in [2.75, 3.05) is 5.33 Å². The SMILES string of the molecule is CCCC(CBr)(CCC)Cn1cc(Cl)c(=O)[nH]c1=O. The van der Waals surface area contributed by atoms with Crippen molar-refractivity contribution in [3.8, 4) is 0 Å². The molecule has 0 unspecified atom stereocenters. The van der Waals surface area contributed by atoms with Crippen molar-refractivity contribution in [1.82, 2.24) is 9.55 Å². The molecule has 1 N–H and O–H groups in total. The molecule has 0 radical (unpaired) electrons. The van der Waals surface area contributed by atoms with Gasteiger partial charge in [-0.1, -0.05) is 54.2 Å². The smallest absolute Gasteiger partial charge is 0.299 e. The van der Waals surface area contributed by atoms with Gasteiger partial charge in [0, 0.05) is 18.1 Å². The largest absolute Gasteiger partial charge is 0.328 e. The highest BCUT2D eigenvalue weighted by Gasteiger charge is 2.28. The number of rotatable bonds is 7. The molecule has 0 amide bonds. The van der Waals surface area contributed by atoms with Gasteiger partial charge in [0.25, 0.3) is 5.56 Å². The van der Waals surface area contributed by atoms with E-state index >= 15 is 0 Å². The lowest BCUT2D eigenvalue weighted by atomic mass is 9.81. The molecular weight excluding hydrogens is 332 g/mol. The lowest BCUT2D eigenvalue weighted by Crippen LogP contribution is -2.37. The Hall–Kier alpha value is -0.550. The van der Waals surface area contributed by atoms with E-state index in [4.69, 9.17) is 11.6 Å². The van der Waals surface area contributed by atoms with Crippen LogP contribution >= 0.6 is 27.5 Å². The van der Waals surface area contributed by atoms with Crippen LogP contribution in [-0.4, -0.2) is 14.9 Å². The molecule has 1 heterocycles. The van der Waals surface area contributed by atoms with Crippen LogP contribution in [0.1, 0.15) is 39.5 Å². The first-order valence-corrected chi connectivity index (χ1v) is 8.03. The average molecular weight is 352 g/mol. The van der Waals surface area contributed by atoms with Gasteiger partial charge in [0.2, 0.25) is 0 Å². The zero-order valence-electron chi connectivity index (χ0n) is 11.3. The third-order valence-corrected chi connectivity index (χ3v) is 4.78. The minimum absolute atomic E-state index is 0.0227. The Kier molecular flexibility index (Phi) is 6.33. The van der Waals surface area contributed by atoms with E-state index in [1.807, 2.05) is 0 Å². The highest BCUT2D eigenvalue weighted by Crippen LogP contribution is 2.33. The summed E-state index contributed by atoms with van der Waals surface area (Å²) in [5.74, 6) is 0. The Morgan fingerprint density at radius 2 is 1.89 bits per heavy atom. The number of aromatic nitrogens is 2. The predicted molar refractivity (Wildman–Crippen MR) is 82.4 cm³/mol. The lowest BCUT2D eigenvalue weighted by molar-refractivity contribution is 0.229. The summed E-state index contributed by atoms with van der Waals surface area (Å²) >= 11 is 9.37. The zero-order chi connectivity index (χ0) is 14.5. The van der Waals surface area contributed by atoms with Gasteiger partial charge in [-0.25, -0.2) is 4.79 Å². The average Bonchev–Trinajstić information content (AvgIpc) is 2.36. The zero-order valence-corrected chi connectivity index (χ0v) is 13.7. The predicted octanol–water partition coefficient (Wildman–Crippen LogP) is 3.17. The van der Waals surface area contributed by atoms with Crippen LogP contribution in [0.3, 0.4) is 0 Å². The maximum absolute atomic E-state index is 11.8. The van der Waals surface area contributed by atoms with Gasteiger partial charge in [-0.15, -0.1) is 0 Å². The summed E-state index contributed by atoms with van der Waals surface area (Å²) in [6, 6.07) is 0. The number of halogens is 2. The molecule has 108 valence electrons. The molecule has 0 aliphatic heterocycles. The van der Waals surface area contributed by atoms with Crippen molar-refractivity contribution in [2.45, 2.75) is 46.1 Å². The summed E-state index contributed by atoms with van der Waals surface area (Å²) in [5.41, 5.74) is -0.903. The molecule has 0 aliphatic rings. The minimum Gasteiger partial charge on any atom is -0.299 e. The van der Waals surface area contributed by atoms with Crippen molar-refractivity contribution >= 4 is 27.5 Å². The fourth-order valence-electron chi connectivity index (χ4n) is 2.48. The number of hydrogen-bond acceptors (Lipinski definition) is 2. The van der Waals surface area contributed by atoms with Gasteiger partial charge >= 0.3 is 5.69 Å². The summed E-state index contributed by atoms with van der Waals surface area (Å²) in [5, 5.41) is 0.876. The topological polar surface area (TPSA) is 54.9 Å². The van der Waals surface area contributed by atoms with E-state index in [2.05, 4.69) is 34.8 Å². The molecule has 0 bridgehead atoms. The van der Waals surface area contributed by atoms with Crippen LogP contribution < -0.4 is 11.2 Å². The summed E-state index contributed by atoms with van der Waals surface area (Å²) in [6.45, 7) is 4.83. The van der Waals surface area contributed by atoms with Gasteiger partial charge in [0.05, 0.1) is 0 Å². The molecule has 0 spiro atoms. The molecule has 1 aromatic rings.